The molecule has 14 heteroatoms. The zero-order valence-electron chi connectivity index (χ0n) is 18.8. The molecule has 0 aromatic heterocycles. The third kappa shape index (κ3) is 10.6. The summed E-state index contributed by atoms with van der Waals surface area (Å²) in [5, 5.41) is 25.2. The highest BCUT2D eigenvalue weighted by Crippen LogP contribution is 2.06. The Morgan fingerprint density at radius 2 is 1.34 bits per heavy atom. The Hall–Kier alpha value is -4.04. The minimum Gasteiger partial charge on any atom is -0.480 e. The number of carbonyl (C=O) groups is 6. The van der Waals surface area contributed by atoms with Crippen molar-refractivity contribution in [2.45, 2.75) is 49.9 Å². The molecule has 14 nitrogen and oxygen atoms in total. The molecule has 0 saturated heterocycles. The lowest BCUT2D eigenvalue weighted by atomic mass is 10.0. The lowest BCUT2D eigenvalue weighted by molar-refractivity contribution is -0.144. The summed E-state index contributed by atoms with van der Waals surface area (Å²) in [6.07, 6.45) is -1.35. The fourth-order valence-corrected chi connectivity index (χ4v) is 2.92. The van der Waals surface area contributed by atoms with Gasteiger partial charge in [-0.15, -0.1) is 0 Å². The Kier molecular flexibility index (Phi) is 11.8. The van der Waals surface area contributed by atoms with E-state index in [0.717, 1.165) is 0 Å². The van der Waals surface area contributed by atoms with E-state index in [0.29, 0.717) is 5.56 Å². The minimum absolute atomic E-state index is 0.0137. The fraction of sp³-hybridized carbons (Fsp3) is 0.429. The molecule has 0 saturated carbocycles. The van der Waals surface area contributed by atoms with Crippen LogP contribution in [0.25, 0.3) is 0 Å². The smallest absolute Gasteiger partial charge is 0.326 e. The van der Waals surface area contributed by atoms with Crippen LogP contribution in [0.1, 0.15) is 24.8 Å². The van der Waals surface area contributed by atoms with E-state index in [-0.39, 0.29) is 19.3 Å². The molecule has 0 spiro atoms. The van der Waals surface area contributed by atoms with Gasteiger partial charge in [-0.2, -0.15) is 0 Å². The quantitative estimate of drug-likeness (QED) is 0.119. The third-order valence-corrected chi connectivity index (χ3v) is 4.78. The molecule has 0 heterocycles. The lowest BCUT2D eigenvalue weighted by Crippen LogP contribution is -2.58. The molecular weight excluding hydrogens is 464 g/mol. The largest absolute Gasteiger partial charge is 0.480 e. The molecule has 1 aromatic carbocycles. The monoisotopic (exact) mass is 494 g/mol. The van der Waals surface area contributed by atoms with E-state index in [2.05, 4.69) is 16.0 Å². The van der Waals surface area contributed by atoms with E-state index < -0.39 is 72.7 Å². The van der Waals surface area contributed by atoms with Crippen LogP contribution in [0.3, 0.4) is 0 Å². The number of rotatable bonds is 15. The number of carbonyl (C=O) groups excluding carboxylic acids is 5. The number of hydrogen-bond acceptors (Lipinski definition) is 8. The van der Waals surface area contributed by atoms with Crippen molar-refractivity contribution in [3.63, 3.8) is 0 Å². The van der Waals surface area contributed by atoms with Crippen molar-refractivity contribution >= 4 is 35.5 Å². The second-order valence-corrected chi connectivity index (χ2v) is 7.68. The molecular formula is C21H30N6O8. The van der Waals surface area contributed by atoms with Gasteiger partial charge in [0, 0.05) is 12.8 Å². The van der Waals surface area contributed by atoms with E-state index >= 15 is 0 Å². The number of primary amides is 2. The van der Waals surface area contributed by atoms with Crippen LogP contribution >= 0.6 is 0 Å². The topological polar surface area (TPSA) is 257 Å². The molecule has 0 radical (unpaired) electrons. The summed E-state index contributed by atoms with van der Waals surface area (Å²) in [7, 11) is 0. The summed E-state index contributed by atoms with van der Waals surface area (Å²) in [4.78, 5) is 71.7. The molecule has 0 aliphatic heterocycles. The minimum atomic E-state index is -1.67. The number of hydrogen-bond donors (Lipinski definition) is 8. The van der Waals surface area contributed by atoms with Gasteiger partial charge in [0.05, 0.1) is 13.0 Å². The molecule has 1 aromatic rings. The molecule has 1 rings (SSSR count). The summed E-state index contributed by atoms with van der Waals surface area (Å²) in [5.41, 5.74) is 16.3. The molecule has 11 N–H and O–H groups in total. The normalized spacial score (nSPS) is 14.0. The summed E-state index contributed by atoms with van der Waals surface area (Å²) in [5.74, 6) is -5.99. The number of amides is 5. The van der Waals surface area contributed by atoms with Crippen LogP contribution in [-0.4, -0.2) is 76.5 Å². The van der Waals surface area contributed by atoms with Gasteiger partial charge in [-0.3, -0.25) is 24.0 Å². The van der Waals surface area contributed by atoms with Gasteiger partial charge in [0.1, 0.15) is 24.2 Å². The number of carboxylic acid groups (broad SMARTS) is 1. The Morgan fingerprint density at radius 1 is 0.800 bits per heavy atom. The highest BCUT2D eigenvalue weighted by atomic mass is 16.4. The fourth-order valence-electron chi connectivity index (χ4n) is 2.92. The number of aliphatic hydroxyl groups excluding tert-OH is 1. The molecule has 192 valence electrons. The Morgan fingerprint density at radius 3 is 1.86 bits per heavy atom. The van der Waals surface area contributed by atoms with Crippen LogP contribution in [0, 0.1) is 0 Å². The molecule has 0 bridgehead atoms. The highest BCUT2D eigenvalue weighted by Gasteiger charge is 2.31. The maximum Gasteiger partial charge on any atom is 0.326 e. The van der Waals surface area contributed by atoms with Gasteiger partial charge in [0.2, 0.25) is 29.5 Å². The lowest BCUT2D eigenvalue weighted by Gasteiger charge is -2.25. The van der Waals surface area contributed by atoms with Gasteiger partial charge in [-0.05, 0) is 12.0 Å². The average Bonchev–Trinajstić information content (AvgIpc) is 2.80. The highest BCUT2D eigenvalue weighted by molar-refractivity contribution is 5.95. The van der Waals surface area contributed by atoms with E-state index in [1.165, 1.54) is 0 Å². The van der Waals surface area contributed by atoms with Gasteiger partial charge in [-0.1, -0.05) is 30.3 Å². The van der Waals surface area contributed by atoms with Gasteiger partial charge in [0.15, 0.2) is 0 Å². The standard InChI is InChI=1S/C21H30N6O8/c22-12(10-28)18(31)26-14(8-11-4-2-1-3-5-11)20(33)25-13(6-7-16(23)29)19(32)27-15(21(34)35)9-17(24)30/h1-5,12-15,28H,6-10,22H2,(H2,23,29)(H2,24,30)(H,25,33)(H,26,31)(H,27,32)(H,34,35). The molecule has 0 aliphatic rings. The van der Waals surface area contributed by atoms with Crippen LogP contribution < -0.4 is 33.2 Å². The second-order valence-electron chi connectivity index (χ2n) is 7.68. The van der Waals surface area contributed by atoms with Crippen molar-refractivity contribution in [3.8, 4) is 0 Å². The molecule has 35 heavy (non-hydrogen) atoms. The van der Waals surface area contributed by atoms with E-state index in [1.54, 1.807) is 30.3 Å². The van der Waals surface area contributed by atoms with E-state index in [1.807, 2.05) is 0 Å². The summed E-state index contributed by atoms with van der Waals surface area (Å²) < 4.78 is 0. The molecule has 0 aliphatic carbocycles. The van der Waals surface area contributed by atoms with Gasteiger partial charge in [-0.25, -0.2) is 4.79 Å². The molecule has 5 amide bonds. The Balaban J connectivity index is 3.11. The number of benzene rings is 1. The van der Waals surface area contributed by atoms with Crippen LogP contribution in [0.2, 0.25) is 0 Å². The van der Waals surface area contributed by atoms with Gasteiger partial charge < -0.3 is 43.4 Å². The van der Waals surface area contributed by atoms with Gasteiger partial charge in [0.25, 0.3) is 0 Å². The first kappa shape index (κ1) is 29.0. The van der Waals surface area contributed by atoms with Crippen LogP contribution in [0.5, 0.6) is 0 Å². The number of nitrogens with two attached hydrogens (primary N) is 3. The average molecular weight is 495 g/mol. The first-order valence-electron chi connectivity index (χ1n) is 10.6. The van der Waals surface area contributed by atoms with E-state index in [4.69, 9.17) is 22.3 Å². The van der Waals surface area contributed by atoms with Crippen LogP contribution in [-0.2, 0) is 35.2 Å². The zero-order valence-corrected chi connectivity index (χ0v) is 18.8. The second kappa shape index (κ2) is 14.3. The predicted molar refractivity (Wildman–Crippen MR) is 121 cm³/mol. The van der Waals surface area contributed by atoms with Crippen molar-refractivity contribution in [1.82, 2.24) is 16.0 Å². The first-order valence-corrected chi connectivity index (χ1v) is 10.6. The van der Waals surface area contributed by atoms with Crippen molar-refractivity contribution in [1.29, 1.82) is 0 Å². The number of nitrogens with one attached hydrogen (secondary N) is 3. The van der Waals surface area contributed by atoms with Crippen LogP contribution in [0.4, 0.5) is 0 Å². The number of carboxylic acids is 1. The van der Waals surface area contributed by atoms with Crippen molar-refractivity contribution in [3.05, 3.63) is 35.9 Å². The Bertz CT molecular complexity index is 926. The SMILES string of the molecule is NC(=O)CCC(NC(=O)C(Cc1ccccc1)NC(=O)C(N)CO)C(=O)NC(CC(N)=O)C(=O)O. The maximum absolute atomic E-state index is 13.0. The zero-order chi connectivity index (χ0) is 26.5. The Labute approximate surface area is 200 Å². The van der Waals surface area contributed by atoms with Crippen LogP contribution in [0.15, 0.2) is 30.3 Å². The summed E-state index contributed by atoms with van der Waals surface area (Å²) >= 11 is 0. The maximum atomic E-state index is 13.0. The third-order valence-electron chi connectivity index (χ3n) is 4.78. The molecule has 4 unspecified atom stereocenters. The summed E-state index contributed by atoms with van der Waals surface area (Å²) in [6, 6.07) is 2.88. The number of aliphatic hydroxyl groups is 1. The predicted octanol–water partition coefficient (Wildman–Crippen LogP) is -3.77. The molecule has 0 fully saturated rings. The van der Waals surface area contributed by atoms with Gasteiger partial charge >= 0.3 is 5.97 Å². The van der Waals surface area contributed by atoms with Crippen molar-refractivity contribution in [2.24, 2.45) is 17.2 Å². The molecule has 4 atom stereocenters. The van der Waals surface area contributed by atoms with E-state index in [9.17, 15) is 33.9 Å². The van der Waals surface area contributed by atoms with Crippen molar-refractivity contribution < 1.29 is 39.0 Å². The number of aliphatic carboxylic acids is 1. The van der Waals surface area contributed by atoms with Crippen molar-refractivity contribution in [2.75, 3.05) is 6.61 Å². The summed E-state index contributed by atoms with van der Waals surface area (Å²) in [6.45, 7) is -0.675. The first-order chi connectivity index (χ1) is 16.4.